The maximum absolute atomic E-state index is 5.07. The summed E-state index contributed by atoms with van der Waals surface area (Å²) in [5, 5.41) is 7.10. The summed E-state index contributed by atoms with van der Waals surface area (Å²) in [6.07, 6.45) is 1.68. The third-order valence-corrected chi connectivity index (χ3v) is 3.80. The second kappa shape index (κ2) is 6.61. The van der Waals surface area contributed by atoms with Crippen molar-refractivity contribution < 1.29 is 4.52 Å². The van der Waals surface area contributed by atoms with Crippen molar-refractivity contribution in [1.29, 1.82) is 0 Å². The first kappa shape index (κ1) is 13.2. The number of rotatable bonds is 6. The van der Waals surface area contributed by atoms with E-state index in [1.54, 1.807) is 18.0 Å². The Morgan fingerprint density at radius 1 is 1.28 bits per heavy atom. The highest BCUT2D eigenvalue weighted by Gasteiger charge is 2.04. The number of thioether (sulfide) groups is 1. The van der Waals surface area contributed by atoms with Crippen molar-refractivity contribution >= 4 is 11.8 Å². The minimum absolute atomic E-state index is 0.406. The third kappa shape index (κ3) is 3.62. The summed E-state index contributed by atoms with van der Waals surface area (Å²) in [4.78, 5) is 1.25. The van der Waals surface area contributed by atoms with E-state index in [9.17, 15) is 0 Å². The molecule has 1 atom stereocenters. The third-order valence-electron chi connectivity index (χ3n) is 2.76. The van der Waals surface area contributed by atoms with Crippen LogP contribution in [0.1, 0.15) is 31.2 Å². The van der Waals surface area contributed by atoms with Crippen molar-refractivity contribution in [2.45, 2.75) is 30.5 Å². The average Bonchev–Trinajstić information content (AvgIpc) is 2.90. The minimum atomic E-state index is 0.406. The molecule has 3 nitrogen and oxygen atoms in total. The van der Waals surface area contributed by atoms with Gasteiger partial charge in [0.2, 0.25) is 0 Å². The zero-order valence-corrected chi connectivity index (χ0v) is 11.5. The summed E-state index contributed by atoms with van der Waals surface area (Å²) in [5.74, 6) is 1.73. The van der Waals surface area contributed by atoms with Crippen molar-refractivity contribution in [2.75, 3.05) is 6.54 Å². The molecule has 0 aliphatic carbocycles. The first-order valence-corrected chi connectivity index (χ1v) is 7.14. The Labute approximate surface area is 112 Å². The van der Waals surface area contributed by atoms with Gasteiger partial charge in [-0.05, 0) is 31.2 Å². The van der Waals surface area contributed by atoms with Gasteiger partial charge in [-0.1, -0.05) is 24.2 Å². The Morgan fingerprint density at radius 2 is 2.06 bits per heavy atom. The molecule has 4 heteroatoms. The Bertz CT molecular complexity index is 453. The molecule has 0 saturated carbocycles. The smallest absolute Gasteiger partial charge is 0.146 e. The van der Waals surface area contributed by atoms with Gasteiger partial charge in [0, 0.05) is 17.0 Å². The van der Waals surface area contributed by atoms with E-state index in [1.807, 2.05) is 6.07 Å². The number of aromatic nitrogens is 1. The monoisotopic (exact) mass is 262 g/mol. The second-order valence-electron chi connectivity index (χ2n) is 4.12. The van der Waals surface area contributed by atoms with Crippen molar-refractivity contribution in [3.05, 3.63) is 47.9 Å². The van der Waals surface area contributed by atoms with Gasteiger partial charge in [0.05, 0.1) is 11.9 Å². The predicted molar refractivity (Wildman–Crippen MR) is 74.6 cm³/mol. The Morgan fingerprint density at radius 3 is 2.67 bits per heavy atom. The molecule has 1 unspecified atom stereocenters. The van der Waals surface area contributed by atoms with Gasteiger partial charge in [-0.15, -0.1) is 11.8 Å². The van der Waals surface area contributed by atoms with Crippen LogP contribution >= 0.6 is 11.8 Å². The molecule has 0 fully saturated rings. The molecule has 2 aromatic rings. The average molecular weight is 262 g/mol. The first-order valence-electron chi connectivity index (χ1n) is 6.15. The summed E-state index contributed by atoms with van der Waals surface area (Å²) >= 11 is 1.76. The highest BCUT2D eigenvalue weighted by Crippen LogP contribution is 2.24. The fourth-order valence-electron chi connectivity index (χ4n) is 1.75. The molecular weight excluding hydrogens is 244 g/mol. The maximum atomic E-state index is 5.07. The number of nitrogens with zero attached hydrogens (tertiary/aromatic N) is 1. The predicted octanol–water partition coefficient (Wildman–Crippen LogP) is 3.64. The van der Waals surface area contributed by atoms with Crippen LogP contribution < -0.4 is 5.32 Å². The van der Waals surface area contributed by atoms with Crippen LogP contribution in [0.25, 0.3) is 0 Å². The molecule has 1 aromatic carbocycles. The van der Waals surface area contributed by atoms with E-state index >= 15 is 0 Å². The van der Waals surface area contributed by atoms with Gasteiger partial charge in [0.25, 0.3) is 0 Å². The standard InChI is InChI=1S/C14H18N2OS/c1-3-15-11(2)12-4-6-14(7-5-12)18-10-13-8-9-16-17-13/h4-9,11,15H,3,10H2,1-2H3. The molecular formula is C14H18N2OS. The lowest BCUT2D eigenvalue weighted by Crippen LogP contribution is -2.17. The van der Waals surface area contributed by atoms with E-state index in [1.165, 1.54) is 10.5 Å². The van der Waals surface area contributed by atoms with Crippen LogP contribution in [-0.2, 0) is 5.75 Å². The molecule has 0 aliphatic rings. The van der Waals surface area contributed by atoms with E-state index in [-0.39, 0.29) is 0 Å². The van der Waals surface area contributed by atoms with Gasteiger partial charge in [0.1, 0.15) is 5.76 Å². The lowest BCUT2D eigenvalue weighted by Gasteiger charge is -2.12. The molecule has 0 spiro atoms. The van der Waals surface area contributed by atoms with Crippen LogP contribution in [0.15, 0.2) is 45.9 Å². The first-order chi connectivity index (χ1) is 8.79. The molecule has 0 aliphatic heterocycles. The zero-order chi connectivity index (χ0) is 12.8. The van der Waals surface area contributed by atoms with E-state index in [2.05, 4.69) is 48.6 Å². The Balaban J connectivity index is 1.91. The van der Waals surface area contributed by atoms with Gasteiger partial charge in [-0.2, -0.15) is 0 Å². The van der Waals surface area contributed by atoms with E-state index < -0.39 is 0 Å². The number of hydrogen-bond acceptors (Lipinski definition) is 4. The molecule has 18 heavy (non-hydrogen) atoms. The SMILES string of the molecule is CCNC(C)c1ccc(SCc2ccno2)cc1. The molecule has 1 N–H and O–H groups in total. The number of benzene rings is 1. The van der Waals surface area contributed by atoms with Crippen molar-refractivity contribution in [2.24, 2.45) is 0 Å². The van der Waals surface area contributed by atoms with E-state index in [4.69, 9.17) is 4.52 Å². The molecule has 0 radical (unpaired) electrons. The molecule has 96 valence electrons. The van der Waals surface area contributed by atoms with Crippen LogP contribution in [-0.4, -0.2) is 11.7 Å². The van der Waals surface area contributed by atoms with Gasteiger partial charge >= 0.3 is 0 Å². The number of hydrogen-bond donors (Lipinski definition) is 1. The summed E-state index contributed by atoms with van der Waals surface area (Å²) in [5.41, 5.74) is 1.32. The highest BCUT2D eigenvalue weighted by atomic mass is 32.2. The van der Waals surface area contributed by atoms with Crippen LogP contribution in [0.4, 0.5) is 0 Å². The van der Waals surface area contributed by atoms with Gasteiger partial charge in [-0.3, -0.25) is 0 Å². The van der Waals surface area contributed by atoms with Crippen molar-refractivity contribution in [1.82, 2.24) is 10.5 Å². The molecule has 1 aromatic heterocycles. The van der Waals surface area contributed by atoms with E-state index in [0.29, 0.717) is 6.04 Å². The normalized spacial score (nSPS) is 12.6. The van der Waals surface area contributed by atoms with Crippen LogP contribution in [0.3, 0.4) is 0 Å². The minimum Gasteiger partial charge on any atom is -0.361 e. The maximum Gasteiger partial charge on any atom is 0.146 e. The fourth-order valence-corrected chi connectivity index (χ4v) is 2.53. The molecule has 0 bridgehead atoms. The van der Waals surface area contributed by atoms with Crippen LogP contribution in [0.5, 0.6) is 0 Å². The lowest BCUT2D eigenvalue weighted by molar-refractivity contribution is 0.395. The van der Waals surface area contributed by atoms with E-state index in [0.717, 1.165) is 18.1 Å². The molecule has 1 heterocycles. The van der Waals surface area contributed by atoms with Crippen LogP contribution in [0, 0.1) is 0 Å². The topological polar surface area (TPSA) is 38.1 Å². The summed E-state index contributed by atoms with van der Waals surface area (Å²) in [6, 6.07) is 11.0. The highest BCUT2D eigenvalue weighted by molar-refractivity contribution is 7.98. The summed E-state index contributed by atoms with van der Waals surface area (Å²) in [7, 11) is 0. The summed E-state index contributed by atoms with van der Waals surface area (Å²) in [6.45, 7) is 5.29. The van der Waals surface area contributed by atoms with Gasteiger partial charge in [0.15, 0.2) is 0 Å². The van der Waals surface area contributed by atoms with Crippen molar-refractivity contribution in [3.63, 3.8) is 0 Å². The second-order valence-corrected chi connectivity index (χ2v) is 5.16. The van der Waals surface area contributed by atoms with Gasteiger partial charge < -0.3 is 9.84 Å². The van der Waals surface area contributed by atoms with Crippen LogP contribution in [0.2, 0.25) is 0 Å². The van der Waals surface area contributed by atoms with Gasteiger partial charge in [-0.25, -0.2) is 0 Å². The summed E-state index contributed by atoms with van der Waals surface area (Å²) < 4.78 is 5.07. The number of nitrogens with one attached hydrogen (secondary N) is 1. The van der Waals surface area contributed by atoms with Crippen molar-refractivity contribution in [3.8, 4) is 0 Å². The largest absolute Gasteiger partial charge is 0.361 e. The zero-order valence-electron chi connectivity index (χ0n) is 10.7. The molecule has 0 saturated heterocycles. The molecule has 0 amide bonds. The fraction of sp³-hybridized carbons (Fsp3) is 0.357. The lowest BCUT2D eigenvalue weighted by atomic mass is 10.1. The Hall–Kier alpha value is -1.26. The Kier molecular flexibility index (Phi) is 4.84. The molecule has 2 rings (SSSR count). The quantitative estimate of drug-likeness (QED) is 0.807.